The minimum absolute atomic E-state index is 0.00706. The van der Waals surface area contributed by atoms with Crippen LogP contribution in [-0.4, -0.2) is 35.4 Å². The van der Waals surface area contributed by atoms with Crippen LogP contribution in [0.15, 0.2) is 46.9 Å². The van der Waals surface area contributed by atoms with Crippen molar-refractivity contribution in [2.75, 3.05) is 6.61 Å². The lowest BCUT2D eigenvalue weighted by atomic mass is 9.96. The SMILES string of the molecule is O=C(NC1CC1)c1ccc(CN(C(=O)COc2ccc3oc4c(c3c2)CCCC4)C2CC2)cc1. The van der Waals surface area contributed by atoms with Gasteiger partial charge in [0.05, 0.1) is 0 Å². The molecular weight excluding hydrogens is 428 g/mol. The fourth-order valence-electron chi connectivity index (χ4n) is 4.82. The van der Waals surface area contributed by atoms with Gasteiger partial charge in [-0.25, -0.2) is 0 Å². The van der Waals surface area contributed by atoms with Gasteiger partial charge < -0.3 is 19.4 Å². The van der Waals surface area contributed by atoms with Crippen LogP contribution >= 0.6 is 0 Å². The second-order valence-corrected chi connectivity index (χ2v) is 9.86. The molecule has 3 aromatic rings. The fourth-order valence-corrected chi connectivity index (χ4v) is 4.82. The fraction of sp³-hybridized carbons (Fsp3) is 0.429. The Labute approximate surface area is 199 Å². The number of nitrogens with one attached hydrogen (secondary N) is 1. The standard InChI is InChI=1S/C28H30N2O4/c31-27(17-33-22-13-14-26-24(15-22)23-3-1-2-4-25(23)34-26)30(21-11-12-21)16-18-5-7-19(8-6-18)28(32)29-20-9-10-20/h5-8,13-15,20-21H,1-4,9-12,16-17H2,(H,29,32). The van der Waals surface area contributed by atoms with Crippen LogP contribution in [0, 0.1) is 0 Å². The maximum absolute atomic E-state index is 13.1. The molecule has 0 bridgehead atoms. The van der Waals surface area contributed by atoms with E-state index in [9.17, 15) is 9.59 Å². The number of benzene rings is 2. The first-order valence-electron chi connectivity index (χ1n) is 12.5. The summed E-state index contributed by atoms with van der Waals surface area (Å²) in [5.74, 6) is 1.78. The minimum Gasteiger partial charge on any atom is -0.484 e. The van der Waals surface area contributed by atoms with Crippen LogP contribution < -0.4 is 10.1 Å². The highest BCUT2D eigenvalue weighted by Gasteiger charge is 2.33. The van der Waals surface area contributed by atoms with Crippen LogP contribution in [-0.2, 0) is 24.2 Å². The largest absolute Gasteiger partial charge is 0.484 e. The van der Waals surface area contributed by atoms with E-state index >= 15 is 0 Å². The van der Waals surface area contributed by atoms with Crippen LogP contribution in [0.3, 0.4) is 0 Å². The van der Waals surface area contributed by atoms with Gasteiger partial charge in [0.25, 0.3) is 11.8 Å². The lowest BCUT2D eigenvalue weighted by Gasteiger charge is -2.23. The van der Waals surface area contributed by atoms with E-state index in [0.717, 1.165) is 60.8 Å². The van der Waals surface area contributed by atoms with Gasteiger partial charge in [-0.15, -0.1) is 0 Å². The van der Waals surface area contributed by atoms with Crippen LogP contribution in [0.4, 0.5) is 0 Å². The molecule has 0 spiro atoms. The van der Waals surface area contributed by atoms with E-state index in [0.29, 0.717) is 23.9 Å². The first-order chi connectivity index (χ1) is 16.6. The summed E-state index contributed by atoms with van der Waals surface area (Å²) in [7, 11) is 0. The van der Waals surface area contributed by atoms with Crippen molar-refractivity contribution in [3.8, 4) is 5.75 Å². The van der Waals surface area contributed by atoms with Crippen LogP contribution in [0.1, 0.15) is 65.8 Å². The molecule has 3 aliphatic carbocycles. The molecule has 2 fully saturated rings. The number of furan rings is 1. The molecule has 3 aliphatic rings. The molecule has 6 heteroatoms. The summed E-state index contributed by atoms with van der Waals surface area (Å²) in [6.45, 7) is 0.551. The van der Waals surface area contributed by atoms with Crippen molar-refractivity contribution in [2.45, 2.75) is 70.0 Å². The van der Waals surface area contributed by atoms with Gasteiger partial charge in [0.15, 0.2) is 6.61 Å². The van der Waals surface area contributed by atoms with Crippen LogP contribution in [0.5, 0.6) is 5.75 Å². The van der Waals surface area contributed by atoms with Gasteiger partial charge in [0.1, 0.15) is 17.1 Å². The average molecular weight is 459 g/mol. The molecule has 0 radical (unpaired) electrons. The molecule has 6 rings (SSSR count). The Morgan fingerprint density at radius 1 is 1.00 bits per heavy atom. The van der Waals surface area contributed by atoms with Gasteiger partial charge in [-0.2, -0.15) is 0 Å². The third-order valence-corrected chi connectivity index (χ3v) is 7.08. The first kappa shape index (κ1) is 21.3. The smallest absolute Gasteiger partial charge is 0.261 e. The second-order valence-electron chi connectivity index (χ2n) is 9.86. The van der Waals surface area contributed by atoms with E-state index < -0.39 is 0 Å². The summed E-state index contributed by atoms with van der Waals surface area (Å²) in [6, 6.07) is 14.1. The number of hydrogen-bond donors (Lipinski definition) is 1. The maximum Gasteiger partial charge on any atom is 0.261 e. The molecule has 34 heavy (non-hydrogen) atoms. The summed E-state index contributed by atoms with van der Waals surface area (Å²) in [4.78, 5) is 27.2. The summed E-state index contributed by atoms with van der Waals surface area (Å²) in [6.07, 6.45) is 8.61. The number of aryl methyl sites for hydroxylation is 2. The van der Waals surface area contributed by atoms with Gasteiger partial charge >= 0.3 is 0 Å². The first-order valence-corrected chi connectivity index (χ1v) is 12.5. The van der Waals surface area contributed by atoms with E-state index in [2.05, 4.69) is 5.32 Å². The normalized spacial score (nSPS) is 17.3. The highest BCUT2D eigenvalue weighted by atomic mass is 16.5. The van der Waals surface area contributed by atoms with Gasteiger partial charge in [-0.05, 0) is 80.8 Å². The average Bonchev–Trinajstić information content (AvgIpc) is 3.80. The van der Waals surface area contributed by atoms with Crippen molar-refractivity contribution < 1.29 is 18.7 Å². The molecule has 2 saturated carbocycles. The number of amides is 2. The highest BCUT2D eigenvalue weighted by molar-refractivity contribution is 5.94. The Kier molecular flexibility index (Phi) is 5.52. The van der Waals surface area contributed by atoms with Crippen molar-refractivity contribution in [2.24, 2.45) is 0 Å². The Bertz CT molecular complexity index is 1220. The lowest BCUT2D eigenvalue weighted by Crippen LogP contribution is -2.36. The number of rotatable bonds is 8. The monoisotopic (exact) mass is 458 g/mol. The Morgan fingerprint density at radius 3 is 2.56 bits per heavy atom. The zero-order valence-corrected chi connectivity index (χ0v) is 19.3. The minimum atomic E-state index is -0.0200. The van der Waals surface area contributed by atoms with Crippen molar-refractivity contribution in [1.82, 2.24) is 10.2 Å². The zero-order valence-electron chi connectivity index (χ0n) is 19.3. The molecule has 0 saturated heterocycles. The third-order valence-electron chi connectivity index (χ3n) is 7.08. The molecule has 0 aliphatic heterocycles. The number of carbonyl (C=O) groups excluding carboxylic acids is 2. The van der Waals surface area contributed by atoms with Crippen LogP contribution in [0.2, 0.25) is 0 Å². The Hall–Kier alpha value is -3.28. The molecule has 2 aromatic carbocycles. The number of ether oxygens (including phenoxy) is 1. The molecule has 1 N–H and O–H groups in total. The lowest BCUT2D eigenvalue weighted by molar-refractivity contribution is -0.134. The summed E-state index contributed by atoms with van der Waals surface area (Å²) >= 11 is 0. The summed E-state index contributed by atoms with van der Waals surface area (Å²) in [5, 5.41) is 4.12. The molecule has 0 atom stereocenters. The van der Waals surface area contributed by atoms with Gasteiger partial charge in [-0.3, -0.25) is 9.59 Å². The topological polar surface area (TPSA) is 71.8 Å². The van der Waals surface area contributed by atoms with E-state index in [-0.39, 0.29) is 24.5 Å². The predicted octanol–water partition coefficient (Wildman–Crippen LogP) is 4.77. The zero-order chi connectivity index (χ0) is 23.1. The van der Waals surface area contributed by atoms with Crippen molar-refractivity contribution in [1.29, 1.82) is 0 Å². The summed E-state index contributed by atoms with van der Waals surface area (Å²) < 4.78 is 11.9. The van der Waals surface area contributed by atoms with E-state index in [1.165, 1.54) is 18.4 Å². The number of nitrogens with zero attached hydrogens (tertiary/aromatic N) is 1. The van der Waals surface area contributed by atoms with Gasteiger partial charge in [0.2, 0.25) is 0 Å². The maximum atomic E-state index is 13.1. The van der Waals surface area contributed by atoms with E-state index in [1.54, 1.807) is 0 Å². The summed E-state index contributed by atoms with van der Waals surface area (Å²) in [5.41, 5.74) is 3.89. The van der Waals surface area contributed by atoms with Gasteiger partial charge in [0, 0.05) is 41.6 Å². The van der Waals surface area contributed by atoms with Crippen molar-refractivity contribution in [3.63, 3.8) is 0 Å². The molecule has 6 nitrogen and oxygen atoms in total. The Balaban J connectivity index is 1.10. The molecule has 1 aromatic heterocycles. The number of carbonyl (C=O) groups is 2. The molecular formula is C28H30N2O4. The number of fused-ring (bicyclic) bond motifs is 3. The molecule has 176 valence electrons. The highest BCUT2D eigenvalue weighted by Crippen LogP contribution is 2.34. The van der Waals surface area contributed by atoms with E-state index in [1.807, 2.05) is 47.4 Å². The third kappa shape index (κ3) is 4.54. The van der Waals surface area contributed by atoms with Gasteiger partial charge in [-0.1, -0.05) is 12.1 Å². The Morgan fingerprint density at radius 2 is 1.79 bits per heavy atom. The number of hydrogen-bond acceptors (Lipinski definition) is 4. The molecule has 1 heterocycles. The van der Waals surface area contributed by atoms with Crippen LogP contribution in [0.25, 0.3) is 11.0 Å². The quantitative estimate of drug-likeness (QED) is 0.528. The van der Waals surface area contributed by atoms with Crippen molar-refractivity contribution >= 4 is 22.8 Å². The molecule has 0 unspecified atom stereocenters. The predicted molar refractivity (Wildman–Crippen MR) is 129 cm³/mol. The van der Waals surface area contributed by atoms with E-state index in [4.69, 9.17) is 9.15 Å². The second kappa shape index (κ2) is 8.82. The molecule has 2 amide bonds. The van der Waals surface area contributed by atoms with Crippen molar-refractivity contribution in [3.05, 3.63) is 64.9 Å².